The molecule has 6 rings (SSSR count). The highest BCUT2D eigenvalue weighted by Gasteiger charge is 2.26. The average Bonchev–Trinajstić information content (AvgIpc) is 3.63. The van der Waals surface area contributed by atoms with Crippen LogP contribution in [0.25, 0.3) is 11.1 Å². The summed E-state index contributed by atoms with van der Waals surface area (Å²) in [6.45, 7) is 12.8. The molecule has 0 saturated heterocycles. The van der Waals surface area contributed by atoms with Gasteiger partial charge in [0.25, 0.3) is 5.91 Å². The van der Waals surface area contributed by atoms with Crippen LogP contribution in [0.5, 0.6) is 0 Å². The SMILES string of the molecule is CC.CC/C=C1/SC(NC(=O)c2cccc3c2CN(c2ccc(-c4cnn(CC5CCCCC5)c4C)c(C)n2)CC3)=NC1=NC. The first-order valence-electron chi connectivity index (χ1n) is 16.6. The minimum absolute atomic E-state index is 0.140. The van der Waals surface area contributed by atoms with Crippen molar-refractivity contribution in [3.05, 3.63) is 75.6 Å². The maximum atomic E-state index is 13.5. The molecule has 1 N–H and O–H groups in total. The van der Waals surface area contributed by atoms with E-state index in [1.165, 1.54) is 55.1 Å². The van der Waals surface area contributed by atoms with Crippen molar-refractivity contribution in [3.8, 4) is 11.1 Å². The number of anilines is 1. The summed E-state index contributed by atoms with van der Waals surface area (Å²) in [6.07, 6.45) is 12.5. The lowest BCUT2D eigenvalue weighted by Crippen LogP contribution is -2.34. The molecule has 3 aliphatic rings. The number of amidine groups is 2. The summed E-state index contributed by atoms with van der Waals surface area (Å²) < 4.78 is 2.19. The van der Waals surface area contributed by atoms with Gasteiger partial charge in [0.05, 0.1) is 11.1 Å². The van der Waals surface area contributed by atoms with Crippen molar-refractivity contribution in [2.24, 2.45) is 15.9 Å². The molecule has 0 radical (unpaired) electrons. The van der Waals surface area contributed by atoms with Gasteiger partial charge in [-0.15, -0.1) is 0 Å². The normalized spacial score (nSPS) is 18.4. The third-order valence-corrected chi connectivity index (χ3v) is 9.87. The van der Waals surface area contributed by atoms with E-state index in [1.54, 1.807) is 7.05 Å². The number of aryl methyl sites for hydroxylation is 1. The lowest BCUT2D eigenvalue weighted by molar-refractivity contribution is 0.0977. The molecule has 2 aliphatic heterocycles. The second kappa shape index (κ2) is 15.0. The van der Waals surface area contributed by atoms with E-state index < -0.39 is 0 Å². The van der Waals surface area contributed by atoms with Crippen LogP contribution in [0.1, 0.15) is 92.2 Å². The molecule has 2 aromatic heterocycles. The predicted octanol–water partition coefficient (Wildman–Crippen LogP) is 7.89. The molecule has 0 atom stereocenters. The number of carbonyl (C=O) groups is 1. The van der Waals surface area contributed by atoms with Gasteiger partial charge >= 0.3 is 0 Å². The maximum Gasteiger partial charge on any atom is 0.257 e. The summed E-state index contributed by atoms with van der Waals surface area (Å²) in [4.78, 5) is 30.6. The second-order valence-electron chi connectivity index (χ2n) is 11.7. The van der Waals surface area contributed by atoms with E-state index in [9.17, 15) is 4.79 Å². The number of allylic oxidation sites excluding steroid dienone is 1. The van der Waals surface area contributed by atoms with Crippen molar-refractivity contribution in [3.63, 3.8) is 0 Å². The van der Waals surface area contributed by atoms with Crippen LogP contribution in [0.2, 0.25) is 0 Å². The number of amides is 1. The van der Waals surface area contributed by atoms with Gasteiger partial charge in [0.1, 0.15) is 5.82 Å². The van der Waals surface area contributed by atoms with Gasteiger partial charge in [-0.25, -0.2) is 9.98 Å². The van der Waals surface area contributed by atoms with Gasteiger partial charge < -0.3 is 10.2 Å². The summed E-state index contributed by atoms with van der Waals surface area (Å²) in [5.41, 5.74) is 7.45. The summed E-state index contributed by atoms with van der Waals surface area (Å²) in [7, 11) is 1.73. The number of carbonyl (C=O) groups excluding carboxylic acids is 1. The van der Waals surface area contributed by atoms with E-state index in [0.29, 0.717) is 23.1 Å². The first-order valence-corrected chi connectivity index (χ1v) is 17.4. The fraction of sp³-hybridized carbons (Fsp3) is 0.472. The van der Waals surface area contributed by atoms with Crippen LogP contribution >= 0.6 is 11.8 Å². The number of pyridine rings is 1. The molecule has 3 aromatic rings. The Morgan fingerprint density at radius 1 is 1.11 bits per heavy atom. The molecule has 1 aliphatic carbocycles. The van der Waals surface area contributed by atoms with Crippen molar-refractivity contribution < 1.29 is 4.79 Å². The van der Waals surface area contributed by atoms with E-state index in [-0.39, 0.29) is 5.91 Å². The zero-order valence-corrected chi connectivity index (χ0v) is 28.5. The number of aliphatic imine (C=N–C) groups is 2. The number of hydrogen-bond acceptors (Lipinski definition) is 6. The third kappa shape index (κ3) is 7.24. The van der Waals surface area contributed by atoms with Crippen molar-refractivity contribution in [2.45, 2.75) is 92.7 Å². The Kier molecular flexibility index (Phi) is 10.9. The van der Waals surface area contributed by atoms with Gasteiger partial charge in [0.2, 0.25) is 0 Å². The van der Waals surface area contributed by atoms with Gasteiger partial charge in [-0.3, -0.25) is 14.5 Å². The predicted molar refractivity (Wildman–Crippen MR) is 188 cm³/mol. The Labute approximate surface area is 272 Å². The number of fused-ring (bicyclic) bond motifs is 1. The van der Waals surface area contributed by atoms with Gasteiger partial charge in [-0.1, -0.05) is 58.2 Å². The van der Waals surface area contributed by atoms with Crippen LogP contribution in [0.4, 0.5) is 5.82 Å². The van der Waals surface area contributed by atoms with Crippen molar-refractivity contribution >= 4 is 34.5 Å². The number of rotatable bonds is 6. The van der Waals surface area contributed by atoms with Gasteiger partial charge in [-0.2, -0.15) is 5.10 Å². The fourth-order valence-electron chi connectivity index (χ4n) is 6.53. The maximum absolute atomic E-state index is 13.5. The number of benzene rings is 1. The molecular formula is C36H47N7OS. The molecule has 1 fully saturated rings. The van der Waals surface area contributed by atoms with E-state index >= 15 is 0 Å². The summed E-state index contributed by atoms with van der Waals surface area (Å²) in [5, 5.41) is 8.37. The van der Waals surface area contributed by atoms with Crippen LogP contribution in [-0.4, -0.2) is 45.3 Å². The molecule has 0 spiro atoms. The van der Waals surface area contributed by atoms with Crippen LogP contribution < -0.4 is 10.2 Å². The fourth-order valence-corrected chi connectivity index (χ4v) is 7.49. The molecule has 1 amide bonds. The van der Waals surface area contributed by atoms with Gasteiger partial charge in [0, 0.05) is 54.8 Å². The van der Waals surface area contributed by atoms with Crippen LogP contribution in [-0.2, 0) is 19.5 Å². The zero-order valence-electron chi connectivity index (χ0n) is 27.7. The van der Waals surface area contributed by atoms with E-state index in [2.05, 4.69) is 69.9 Å². The summed E-state index contributed by atoms with van der Waals surface area (Å²) in [6, 6.07) is 10.3. The van der Waals surface area contributed by atoms with Crippen LogP contribution in [0.15, 0.2) is 57.5 Å². The molecule has 45 heavy (non-hydrogen) atoms. The Hall–Kier alpha value is -3.72. The number of hydrogen-bond donors (Lipinski definition) is 1. The number of aromatic nitrogens is 3. The lowest BCUT2D eigenvalue weighted by atomic mass is 9.89. The summed E-state index contributed by atoms with van der Waals surface area (Å²) in [5.74, 6) is 2.19. The van der Waals surface area contributed by atoms with Crippen molar-refractivity contribution in [1.29, 1.82) is 0 Å². The Morgan fingerprint density at radius 2 is 1.91 bits per heavy atom. The molecule has 1 saturated carbocycles. The number of thioether (sulfide) groups is 1. The molecule has 4 heterocycles. The Bertz CT molecular complexity index is 1610. The van der Waals surface area contributed by atoms with E-state index in [0.717, 1.165) is 65.0 Å². The summed E-state index contributed by atoms with van der Waals surface area (Å²) >= 11 is 1.46. The molecule has 0 unspecified atom stereocenters. The third-order valence-electron chi connectivity index (χ3n) is 8.92. The standard InChI is InChI=1S/C34H41N7OS.C2H6/c1-5-10-30-32(35-4)38-34(43-30)39-33(42)27-14-9-13-25-17-18-40(21-29(25)27)31-16-15-26(22(2)37-31)28-19-36-41(23(28)3)20-24-11-7-6-8-12-24;1-2/h9-10,13-16,19,24H,5-8,11-12,17-18,20-21H2,1-4H3,(H,35,38,39,42);1-2H3/b30-10+;. The zero-order chi connectivity index (χ0) is 31.9. The van der Waals surface area contributed by atoms with Crippen molar-refractivity contribution in [2.75, 3.05) is 18.5 Å². The first kappa shape index (κ1) is 32.7. The van der Waals surface area contributed by atoms with E-state index in [4.69, 9.17) is 10.1 Å². The average molecular weight is 626 g/mol. The number of nitrogens with one attached hydrogen (secondary N) is 1. The van der Waals surface area contributed by atoms with Gasteiger partial charge in [-0.05, 0) is 86.5 Å². The smallest absolute Gasteiger partial charge is 0.257 e. The highest BCUT2D eigenvalue weighted by molar-refractivity contribution is 8.18. The molecule has 0 bridgehead atoms. The molecular weight excluding hydrogens is 579 g/mol. The monoisotopic (exact) mass is 625 g/mol. The van der Waals surface area contributed by atoms with Gasteiger partial charge in [0.15, 0.2) is 11.0 Å². The molecule has 1 aromatic carbocycles. The van der Waals surface area contributed by atoms with E-state index in [1.807, 2.05) is 32.2 Å². The molecule has 8 nitrogen and oxygen atoms in total. The lowest BCUT2D eigenvalue weighted by Gasteiger charge is -2.31. The first-order chi connectivity index (χ1) is 21.9. The quantitative estimate of drug-likeness (QED) is 0.301. The van der Waals surface area contributed by atoms with Crippen LogP contribution in [0.3, 0.4) is 0 Å². The highest BCUT2D eigenvalue weighted by atomic mass is 32.2. The minimum atomic E-state index is -0.140. The Balaban J connectivity index is 0.00000196. The molecule has 238 valence electrons. The highest BCUT2D eigenvalue weighted by Crippen LogP contribution is 2.32. The topological polar surface area (TPSA) is 87.8 Å². The van der Waals surface area contributed by atoms with Crippen molar-refractivity contribution in [1.82, 2.24) is 20.1 Å². The second-order valence-corrected chi connectivity index (χ2v) is 12.8. The Morgan fingerprint density at radius 3 is 2.64 bits per heavy atom. The molecule has 9 heteroatoms. The largest absolute Gasteiger partial charge is 0.352 e. The minimum Gasteiger partial charge on any atom is -0.352 e. The van der Waals surface area contributed by atoms with Crippen LogP contribution in [0, 0.1) is 19.8 Å². The number of nitrogens with zero attached hydrogens (tertiary/aromatic N) is 6.